The fourth-order valence-corrected chi connectivity index (χ4v) is 1.32. The number of aliphatic hydroxyl groups is 1. The van der Waals surface area contributed by atoms with E-state index in [9.17, 15) is 0 Å². The third-order valence-corrected chi connectivity index (χ3v) is 2.33. The molecule has 1 fully saturated rings. The normalized spacial score (nSPS) is 36.8. The summed E-state index contributed by atoms with van der Waals surface area (Å²) in [6.45, 7) is 0.394. The molecule has 0 aromatic rings. The van der Waals surface area contributed by atoms with Crippen LogP contribution in [0.2, 0.25) is 0 Å². The van der Waals surface area contributed by atoms with E-state index in [0.29, 0.717) is 13.0 Å². The lowest BCUT2D eigenvalue weighted by Gasteiger charge is -2.37. The van der Waals surface area contributed by atoms with Crippen LogP contribution < -0.4 is 0 Å². The lowest BCUT2D eigenvalue weighted by Crippen LogP contribution is -2.46. The standard InChI is InChI=1S/C8H16O4/c1-10-7-3-4-8(6-9,11-2)12-5-7/h7,9H,3-6H2,1-2H3. The van der Waals surface area contributed by atoms with Crippen molar-refractivity contribution in [3.05, 3.63) is 0 Å². The smallest absolute Gasteiger partial charge is 0.191 e. The van der Waals surface area contributed by atoms with Crippen LogP contribution in [-0.2, 0) is 14.2 Å². The molecule has 1 saturated heterocycles. The van der Waals surface area contributed by atoms with Crippen molar-refractivity contribution in [1.82, 2.24) is 0 Å². The second kappa shape index (κ2) is 4.18. The molecule has 0 bridgehead atoms. The van der Waals surface area contributed by atoms with Crippen molar-refractivity contribution < 1.29 is 19.3 Å². The van der Waals surface area contributed by atoms with Gasteiger partial charge < -0.3 is 19.3 Å². The summed E-state index contributed by atoms with van der Waals surface area (Å²) in [5.74, 6) is -0.783. The minimum atomic E-state index is -0.783. The number of ether oxygens (including phenoxy) is 3. The van der Waals surface area contributed by atoms with Gasteiger partial charge in [-0.25, -0.2) is 0 Å². The Morgan fingerprint density at radius 3 is 2.67 bits per heavy atom. The van der Waals surface area contributed by atoms with E-state index in [-0.39, 0.29) is 12.7 Å². The van der Waals surface area contributed by atoms with Crippen LogP contribution in [0.5, 0.6) is 0 Å². The molecule has 4 nitrogen and oxygen atoms in total. The molecule has 1 rings (SSSR count). The maximum absolute atomic E-state index is 9.01. The average Bonchev–Trinajstić information content (AvgIpc) is 2.18. The summed E-state index contributed by atoms with van der Waals surface area (Å²) in [4.78, 5) is 0. The molecule has 0 aliphatic carbocycles. The minimum absolute atomic E-state index is 0.0973. The summed E-state index contributed by atoms with van der Waals surface area (Å²) in [7, 11) is 3.20. The van der Waals surface area contributed by atoms with Gasteiger partial charge in [0.2, 0.25) is 0 Å². The molecule has 1 aliphatic heterocycles. The zero-order valence-corrected chi connectivity index (χ0v) is 7.58. The average molecular weight is 176 g/mol. The number of aliphatic hydroxyl groups excluding tert-OH is 1. The Balaban J connectivity index is 2.42. The van der Waals surface area contributed by atoms with Gasteiger partial charge in [0.05, 0.1) is 19.3 Å². The quantitative estimate of drug-likeness (QED) is 0.664. The predicted octanol–water partition coefficient (Wildman–Crippen LogP) is 0.147. The van der Waals surface area contributed by atoms with Crippen molar-refractivity contribution in [2.45, 2.75) is 24.7 Å². The largest absolute Gasteiger partial charge is 0.391 e. The molecule has 0 amide bonds. The van der Waals surface area contributed by atoms with Gasteiger partial charge in [0.25, 0.3) is 0 Å². The minimum Gasteiger partial charge on any atom is -0.391 e. The van der Waals surface area contributed by atoms with E-state index in [1.807, 2.05) is 0 Å². The highest BCUT2D eigenvalue weighted by atomic mass is 16.7. The summed E-state index contributed by atoms with van der Waals surface area (Å²) in [6, 6.07) is 0. The molecular weight excluding hydrogens is 160 g/mol. The SMILES string of the molecule is COC1CCC(CO)(OC)OC1. The van der Waals surface area contributed by atoms with Crippen LogP contribution in [0.25, 0.3) is 0 Å². The van der Waals surface area contributed by atoms with Gasteiger partial charge in [0, 0.05) is 20.6 Å². The molecule has 0 aromatic heterocycles. The van der Waals surface area contributed by atoms with Gasteiger partial charge in [-0.15, -0.1) is 0 Å². The Morgan fingerprint density at radius 1 is 1.58 bits per heavy atom. The van der Waals surface area contributed by atoms with E-state index in [4.69, 9.17) is 19.3 Å². The van der Waals surface area contributed by atoms with E-state index in [1.165, 1.54) is 0 Å². The van der Waals surface area contributed by atoms with Crippen molar-refractivity contribution in [1.29, 1.82) is 0 Å². The first kappa shape index (κ1) is 9.92. The first-order valence-corrected chi connectivity index (χ1v) is 4.09. The first-order chi connectivity index (χ1) is 5.76. The van der Waals surface area contributed by atoms with E-state index in [1.54, 1.807) is 14.2 Å². The molecule has 0 spiro atoms. The zero-order chi connectivity index (χ0) is 9.03. The van der Waals surface area contributed by atoms with Crippen LogP contribution in [0.3, 0.4) is 0 Å². The molecule has 2 unspecified atom stereocenters. The van der Waals surface area contributed by atoms with Crippen LogP contribution in [0.15, 0.2) is 0 Å². The highest BCUT2D eigenvalue weighted by Gasteiger charge is 2.35. The van der Waals surface area contributed by atoms with Crippen LogP contribution >= 0.6 is 0 Å². The Kier molecular flexibility index (Phi) is 3.46. The Labute approximate surface area is 72.4 Å². The first-order valence-electron chi connectivity index (χ1n) is 4.09. The van der Waals surface area contributed by atoms with E-state index >= 15 is 0 Å². The molecule has 1 N–H and O–H groups in total. The fourth-order valence-electron chi connectivity index (χ4n) is 1.32. The molecule has 0 radical (unpaired) electrons. The van der Waals surface area contributed by atoms with Crippen molar-refractivity contribution >= 4 is 0 Å². The summed E-state index contributed by atoms with van der Waals surface area (Å²) < 4.78 is 15.6. The van der Waals surface area contributed by atoms with Gasteiger partial charge >= 0.3 is 0 Å². The molecule has 12 heavy (non-hydrogen) atoms. The molecule has 2 atom stereocenters. The van der Waals surface area contributed by atoms with Gasteiger partial charge in [-0.1, -0.05) is 0 Å². The second-order valence-electron chi connectivity index (χ2n) is 2.98. The Morgan fingerprint density at radius 2 is 2.33 bits per heavy atom. The van der Waals surface area contributed by atoms with Crippen LogP contribution in [0, 0.1) is 0 Å². The van der Waals surface area contributed by atoms with E-state index < -0.39 is 5.79 Å². The summed E-state index contributed by atoms with van der Waals surface area (Å²) in [6.07, 6.45) is 1.68. The van der Waals surface area contributed by atoms with Gasteiger partial charge in [-0.3, -0.25) is 0 Å². The van der Waals surface area contributed by atoms with Crippen molar-refractivity contribution in [3.63, 3.8) is 0 Å². The third-order valence-electron chi connectivity index (χ3n) is 2.33. The number of rotatable bonds is 3. The predicted molar refractivity (Wildman–Crippen MR) is 42.8 cm³/mol. The lowest BCUT2D eigenvalue weighted by molar-refractivity contribution is -0.276. The van der Waals surface area contributed by atoms with Crippen molar-refractivity contribution in [2.75, 3.05) is 27.4 Å². The van der Waals surface area contributed by atoms with Gasteiger partial charge in [0.1, 0.15) is 0 Å². The molecular formula is C8H16O4. The number of hydrogen-bond acceptors (Lipinski definition) is 4. The summed E-state index contributed by atoms with van der Waals surface area (Å²) in [5.41, 5.74) is 0. The molecule has 1 aliphatic rings. The molecule has 0 saturated carbocycles. The second-order valence-corrected chi connectivity index (χ2v) is 2.98. The van der Waals surface area contributed by atoms with Crippen molar-refractivity contribution in [3.8, 4) is 0 Å². The van der Waals surface area contributed by atoms with E-state index in [2.05, 4.69) is 0 Å². The fraction of sp³-hybridized carbons (Fsp3) is 1.00. The molecule has 72 valence electrons. The number of methoxy groups -OCH3 is 2. The topological polar surface area (TPSA) is 47.9 Å². The van der Waals surface area contributed by atoms with E-state index in [0.717, 1.165) is 6.42 Å². The van der Waals surface area contributed by atoms with Crippen LogP contribution in [-0.4, -0.2) is 44.4 Å². The van der Waals surface area contributed by atoms with Crippen LogP contribution in [0.4, 0.5) is 0 Å². The van der Waals surface area contributed by atoms with Gasteiger partial charge in [-0.2, -0.15) is 0 Å². The molecule has 4 heteroatoms. The number of hydrogen-bond donors (Lipinski definition) is 1. The summed E-state index contributed by atoms with van der Waals surface area (Å²) in [5, 5.41) is 9.01. The maximum Gasteiger partial charge on any atom is 0.191 e. The summed E-state index contributed by atoms with van der Waals surface area (Å²) >= 11 is 0. The van der Waals surface area contributed by atoms with Gasteiger partial charge in [0.15, 0.2) is 5.79 Å². The van der Waals surface area contributed by atoms with Crippen molar-refractivity contribution in [2.24, 2.45) is 0 Å². The highest BCUT2D eigenvalue weighted by Crippen LogP contribution is 2.26. The monoisotopic (exact) mass is 176 g/mol. The lowest BCUT2D eigenvalue weighted by atomic mass is 10.0. The maximum atomic E-state index is 9.01. The Bertz CT molecular complexity index is 123. The van der Waals surface area contributed by atoms with Crippen LogP contribution in [0.1, 0.15) is 12.8 Å². The molecule has 1 heterocycles. The van der Waals surface area contributed by atoms with Gasteiger partial charge in [-0.05, 0) is 6.42 Å². The zero-order valence-electron chi connectivity index (χ0n) is 7.58. The Hall–Kier alpha value is -0.160. The highest BCUT2D eigenvalue weighted by molar-refractivity contribution is 4.76. The molecule has 0 aromatic carbocycles. The third kappa shape index (κ3) is 1.95.